The summed E-state index contributed by atoms with van der Waals surface area (Å²) in [6, 6.07) is 13.7. The van der Waals surface area contributed by atoms with Crippen molar-refractivity contribution in [1.29, 1.82) is 0 Å². The third kappa shape index (κ3) is 5.58. The van der Waals surface area contributed by atoms with Crippen LogP contribution in [0.15, 0.2) is 70.1 Å². The highest BCUT2D eigenvalue weighted by molar-refractivity contribution is 7.07. The van der Waals surface area contributed by atoms with Gasteiger partial charge in [0.1, 0.15) is 0 Å². The van der Waals surface area contributed by atoms with Gasteiger partial charge in [-0.25, -0.2) is 14.6 Å². The first-order valence-corrected chi connectivity index (χ1v) is 14.9. The molecule has 0 spiro atoms. The number of benzene rings is 2. The van der Waals surface area contributed by atoms with E-state index in [1.165, 1.54) is 36.3 Å². The first-order chi connectivity index (χ1) is 21.2. The molecule has 2 aromatic heterocycles. The molecule has 10 nitrogen and oxygen atoms in total. The summed E-state index contributed by atoms with van der Waals surface area (Å²) in [5.41, 5.74) is 4.66. The number of ether oxygens (including phenoxy) is 4. The molecule has 1 atom stereocenters. The summed E-state index contributed by atoms with van der Waals surface area (Å²) in [4.78, 5) is 43.7. The van der Waals surface area contributed by atoms with Crippen molar-refractivity contribution in [3.63, 3.8) is 0 Å². The SMILES string of the molecule is CCOc1ccc([C@@H]2C(C(=O)OC)=CN=c3s/c(=C\c4cc(C)n(-c5ccc(C(=O)OC)cc5)c4C)c(=O)n32)cc1OCC. The maximum absolute atomic E-state index is 14.0. The summed E-state index contributed by atoms with van der Waals surface area (Å²) in [5.74, 6) is 0.106. The number of carbonyl (C=O) groups is 2. The standard InChI is InChI=1S/C33H33N3O7S/c1-7-42-26-14-11-22(16-27(26)43-8-2)29-25(32(39)41-6)18-34-33-36(29)30(37)28(44-33)17-23-15-19(3)35(20(23)4)24-12-9-21(10-13-24)31(38)40-5/h9-18,29H,7-8H2,1-6H3/b28-17-/t29-/m1/s1. The lowest BCUT2D eigenvalue weighted by molar-refractivity contribution is -0.136. The molecule has 0 fully saturated rings. The van der Waals surface area contributed by atoms with Gasteiger partial charge in [0, 0.05) is 23.3 Å². The van der Waals surface area contributed by atoms with Gasteiger partial charge in [0.05, 0.1) is 49.1 Å². The minimum Gasteiger partial charge on any atom is -0.490 e. The molecular formula is C33H33N3O7S. The number of hydrogen-bond acceptors (Lipinski definition) is 9. The number of aryl methyl sites for hydroxylation is 1. The average Bonchev–Trinajstić information content (AvgIpc) is 3.50. The average molecular weight is 616 g/mol. The highest BCUT2D eigenvalue weighted by Gasteiger charge is 2.31. The maximum atomic E-state index is 14.0. The van der Waals surface area contributed by atoms with E-state index < -0.39 is 18.0 Å². The molecule has 0 amide bonds. The van der Waals surface area contributed by atoms with Gasteiger partial charge in [0.15, 0.2) is 16.3 Å². The van der Waals surface area contributed by atoms with Crippen LogP contribution in [0.3, 0.4) is 0 Å². The van der Waals surface area contributed by atoms with E-state index in [1.807, 2.05) is 58.0 Å². The van der Waals surface area contributed by atoms with E-state index in [0.717, 1.165) is 22.6 Å². The molecular weight excluding hydrogens is 582 g/mol. The number of methoxy groups -OCH3 is 2. The Morgan fingerprint density at radius 1 is 0.932 bits per heavy atom. The highest BCUT2D eigenvalue weighted by atomic mass is 32.1. The second-order valence-electron chi connectivity index (χ2n) is 9.95. The van der Waals surface area contributed by atoms with Gasteiger partial charge in [-0.1, -0.05) is 17.4 Å². The molecule has 2 aromatic carbocycles. The summed E-state index contributed by atoms with van der Waals surface area (Å²) in [7, 11) is 2.65. The van der Waals surface area contributed by atoms with Crippen LogP contribution in [0.2, 0.25) is 0 Å². The number of esters is 2. The predicted octanol–water partition coefficient (Wildman–Crippen LogP) is 4.01. The molecule has 1 aliphatic rings. The Balaban J connectivity index is 1.62. The molecule has 0 saturated carbocycles. The highest BCUT2D eigenvalue weighted by Crippen LogP contribution is 2.35. The lowest BCUT2D eigenvalue weighted by Crippen LogP contribution is -2.39. The molecule has 3 heterocycles. The molecule has 11 heteroatoms. The predicted molar refractivity (Wildman–Crippen MR) is 167 cm³/mol. The van der Waals surface area contributed by atoms with Gasteiger partial charge in [-0.05, 0) is 87.4 Å². The lowest BCUT2D eigenvalue weighted by Gasteiger charge is -2.23. The molecule has 1 aliphatic heterocycles. The van der Waals surface area contributed by atoms with Crippen molar-refractivity contribution in [2.24, 2.45) is 4.99 Å². The van der Waals surface area contributed by atoms with Crippen molar-refractivity contribution < 1.29 is 28.5 Å². The van der Waals surface area contributed by atoms with E-state index >= 15 is 0 Å². The number of aromatic nitrogens is 2. The maximum Gasteiger partial charge on any atom is 0.337 e. The molecule has 0 radical (unpaired) electrons. The Kier molecular flexibility index (Phi) is 8.86. The van der Waals surface area contributed by atoms with Crippen LogP contribution >= 0.6 is 11.3 Å². The van der Waals surface area contributed by atoms with Crippen molar-refractivity contribution in [3.8, 4) is 17.2 Å². The van der Waals surface area contributed by atoms with Crippen molar-refractivity contribution >= 4 is 29.4 Å². The lowest BCUT2D eigenvalue weighted by atomic mass is 9.97. The second kappa shape index (κ2) is 12.8. The van der Waals surface area contributed by atoms with E-state index in [-0.39, 0.29) is 11.1 Å². The topological polar surface area (TPSA) is 110 Å². The van der Waals surface area contributed by atoms with Gasteiger partial charge in [-0.3, -0.25) is 9.36 Å². The van der Waals surface area contributed by atoms with Gasteiger partial charge in [-0.2, -0.15) is 0 Å². The number of hydrogen-bond donors (Lipinski definition) is 0. The molecule has 0 N–H and O–H groups in total. The normalized spacial score (nSPS) is 14.4. The Hall–Kier alpha value is -4.90. The minimum atomic E-state index is -0.781. The first kappa shape index (κ1) is 30.6. The summed E-state index contributed by atoms with van der Waals surface area (Å²) in [6.45, 7) is 8.58. The molecule has 44 heavy (non-hydrogen) atoms. The molecule has 0 aliphatic carbocycles. The Bertz CT molecular complexity index is 1950. The zero-order chi connectivity index (χ0) is 31.5. The van der Waals surface area contributed by atoms with Crippen molar-refractivity contribution in [2.45, 2.75) is 33.7 Å². The summed E-state index contributed by atoms with van der Waals surface area (Å²) >= 11 is 1.24. The second-order valence-corrected chi connectivity index (χ2v) is 11.0. The van der Waals surface area contributed by atoms with Crippen LogP contribution in [0.25, 0.3) is 11.8 Å². The zero-order valence-corrected chi connectivity index (χ0v) is 26.2. The Morgan fingerprint density at radius 3 is 2.27 bits per heavy atom. The van der Waals surface area contributed by atoms with E-state index in [4.69, 9.17) is 18.9 Å². The quantitative estimate of drug-likeness (QED) is 0.262. The van der Waals surface area contributed by atoms with Gasteiger partial charge in [-0.15, -0.1) is 0 Å². The van der Waals surface area contributed by atoms with Crippen LogP contribution in [0.1, 0.15) is 52.8 Å². The molecule has 5 rings (SSSR count). The van der Waals surface area contributed by atoms with Gasteiger partial charge in [0.25, 0.3) is 5.56 Å². The third-order valence-electron chi connectivity index (χ3n) is 7.31. The monoisotopic (exact) mass is 615 g/mol. The van der Waals surface area contributed by atoms with E-state index in [1.54, 1.807) is 24.3 Å². The van der Waals surface area contributed by atoms with Crippen LogP contribution in [-0.2, 0) is 14.3 Å². The van der Waals surface area contributed by atoms with Crippen LogP contribution in [-0.4, -0.2) is 48.5 Å². The third-order valence-corrected chi connectivity index (χ3v) is 8.31. The molecule has 4 aromatic rings. The van der Waals surface area contributed by atoms with Crippen LogP contribution < -0.4 is 24.4 Å². The largest absolute Gasteiger partial charge is 0.490 e. The smallest absolute Gasteiger partial charge is 0.337 e. The Morgan fingerprint density at radius 2 is 1.61 bits per heavy atom. The summed E-state index contributed by atoms with van der Waals surface area (Å²) < 4.78 is 25.5. The summed E-state index contributed by atoms with van der Waals surface area (Å²) in [6.07, 6.45) is 3.31. The fourth-order valence-electron chi connectivity index (χ4n) is 5.32. The van der Waals surface area contributed by atoms with E-state index in [9.17, 15) is 14.4 Å². The van der Waals surface area contributed by atoms with E-state index in [2.05, 4.69) is 9.56 Å². The number of thiazole rings is 1. The minimum absolute atomic E-state index is 0.228. The number of carbonyl (C=O) groups excluding carboxylic acids is 2. The fourth-order valence-corrected chi connectivity index (χ4v) is 6.28. The molecule has 0 saturated heterocycles. The fraction of sp³-hybridized carbons (Fsp3) is 0.273. The van der Waals surface area contributed by atoms with Gasteiger partial charge in [0.2, 0.25) is 0 Å². The van der Waals surface area contributed by atoms with E-state index in [0.29, 0.717) is 45.2 Å². The molecule has 0 unspecified atom stereocenters. The molecule has 0 bridgehead atoms. The van der Waals surface area contributed by atoms with Crippen LogP contribution in [0.4, 0.5) is 0 Å². The van der Waals surface area contributed by atoms with Crippen LogP contribution in [0.5, 0.6) is 11.5 Å². The summed E-state index contributed by atoms with van der Waals surface area (Å²) in [5, 5.41) is 0. The molecule has 228 valence electrons. The Labute approximate surface area is 258 Å². The zero-order valence-electron chi connectivity index (χ0n) is 25.4. The first-order valence-electron chi connectivity index (χ1n) is 14.1. The van der Waals surface area contributed by atoms with Gasteiger partial charge >= 0.3 is 11.9 Å². The number of rotatable bonds is 9. The van der Waals surface area contributed by atoms with Crippen molar-refractivity contribution in [2.75, 3.05) is 27.4 Å². The van der Waals surface area contributed by atoms with Gasteiger partial charge < -0.3 is 23.5 Å². The van der Waals surface area contributed by atoms with Crippen molar-refractivity contribution in [3.05, 3.63) is 108 Å². The number of nitrogens with zero attached hydrogens (tertiary/aromatic N) is 3. The van der Waals surface area contributed by atoms with Crippen LogP contribution in [0, 0.1) is 13.8 Å². The number of fused-ring (bicyclic) bond motifs is 1. The van der Waals surface area contributed by atoms with Crippen molar-refractivity contribution in [1.82, 2.24) is 9.13 Å².